The van der Waals surface area contributed by atoms with Crippen LogP contribution < -0.4 is 20.2 Å². The predicted molar refractivity (Wildman–Crippen MR) is 93.3 cm³/mol. The molecular formula is C17H26N4O4. The first-order chi connectivity index (χ1) is 11.9. The van der Waals surface area contributed by atoms with Crippen LogP contribution in [0.4, 0.5) is 0 Å². The standard InChI is InChI=1S/C17H26N4O4/c1-12(13-5-6-14(24-3)15(11-13)25-4)18-16(22)17(23)19-21-9-7-20(2)8-10-21/h5-6,11-12H,7-10H2,1-4H3,(H,18,22)(H,19,23). The van der Waals surface area contributed by atoms with Gasteiger partial charge in [-0.2, -0.15) is 0 Å². The molecule has 2 amide bonds. The number of piperazine rings is 1. The summed E-state index contributed by atoms with van der Waals surface area (Å²) >= 11 is 0. The third-order valence-corrected chi connectivity index (χ3v) is 4.22. The molecular weight excluding hydrogens is 324 g/mol. The van der Waals surface area contributed by atoms with Crippen LogP contribution in [0.25, 0.3) is 0 Å². The number of hydrazine groups is 1. The van der Waals surface area contributed by atoms with Crippen LogP contribution in [0.3, 0.4) is 0 Å². The van der Waals surface area contributed by atoms with Gasteiger partial charge in [0.15, 0.2) is 11.5 Å². The Hall–Kier alpha value is -2.32. The lowest BCUT2D eigenvalue weighted by molar-refractivity contribution is -0.143. The number of benzene rings is 1. The van der Waals surface area contributed by atoms with Crippen molar-refractivity contribution in [3.63, 3.8) is 0 Å². The van der Waals surface area contributed by atoms with Crippen molar-refractivity contribution in [2.45, 2.75) is 13.0 Å². The third-order valence-electron chi connectivity index (χ3n) is 4.22. The number of nitrogens with zero attached hydrogens (tertiary/aromatic N) is 2. The van der Waals surface area contributed by atoms with Gasteiger partial charge in [0.2, 0.25) is 0 Å². The van der Waals surface area contributed by atoms with Crippen molar-refractivity contribution in [1.82, 2.24) is 20.7 Å². The van der Waals surface area contributed by atoms with Crippen LogP contribution >= 0.6 is 0 Å². The average Bonchev–Trinajstić information content (AvgIpc) is 2.62. The summed E-state index contributed by atoms with van der Waals surface area (Å²) in [5, 5.41) is 4.47. The van der Waals surface area contributed by atoms with E-state index in [1.165, 1.54) is 0 Å². The quantitative estimate of drug-likeness (QED) is 0.736. The van der Waals surface area contributed by atoms with Crippen molar-refractivity contribution in [2.24, 2.45) is 0 Å². The molecule has 0 aliphatic carbocycles. The average molecular weight is 350 g/mol. The highest BCUT2D eigenvalue weighted by molar-refractivity contribution is 6.35. The van der Waals surface area contributed by atoms with E-state index in [2.05, 4.69) is 15.6 Å². The Morgan fingerprint density at radius 1 is 1.04 bits per heavy atom. The molecule has 1 heterocycles. The van der Waals surface area contributed by atoms with E-state index in [4.69, 9.17) is 9.47 Å². The molecule has 25 heavy (non-hydrogen) atoms. The molecule has 2 rings (SSSR count). The Kier molecular flexibility index (Phi) is 6.60. The Labute approximate surface area is 148 Å². The molecule has 1 atom stereocenters. The maximum atomic E-state index is 12.1. The molecule has 1 aromatic carbocycles. The number of likely N-dealkylation sites (N-methyl/N-ethyl adjacent to an activating group) is 1. The number of nitrogens with one attached hydrogen (secondary N) is 2. The summed E-state index contributed by atoms with van der Waals surface area (Å²) in [6.07, 6.45) is 0. The van der Waals surface area contributed by atoms with E-state index in [0.29, 0.717) is 24.6 Å². The molecule has 0 aromatic heterocycles. The molecule has 1 unspecified atom stereocenters. The van der Waals surface area contributed by atoms with Crippen LogP contribution in [0.15, 0.2) is 18.2 Å². The highest BCUT2D eigenvalue weighted by atomic mass is 16.5. The molecule has 1 aliphatic rings. The number of hydrogen-bond acceptors (Lipinski definition) is 6. The molecule has 0 radical (unpaired) electrons. The molecule has 0 spiro atoms. The fourth-order valence-electron chi connectivity index (χ4n) is 2.58. The summed E-state index contributed by atoms with van der Waals surface area (Å²) in [7, 11) is 5.14. The lowest BCUT2D eigenvalue weighted by Crippen LogP contribution is -2.55. The second-order valence-corrected chi connectivity index (χ2v) is 6.04. The highest BCUT2D eigenvalue weighted by Crippen LogP contribution is 2.29. The van der Waals surface area contributed by atoms with Gasteiger partial charge in [-0.1, -0.05) is 6.07 Å². The van der Waals surface area contributed by atoms with Gasteiger partial charge >= 0.3 is 11.8 Å². The summed E-state index contributed by atoms with van der Waals surface area (Å²) < 4.78 is 10.5. The molecule has 1 fully saturated rings. The van der Waals surface area contributed by atoms with Gasteiger partial charge in [-0.3, -0.25) is 15.0 Å². The van der Waals surface area contributed by atoms with Crippen LogP contribution in [0.1, 0.15) is 18.5 Å². The van der Waals surface area contributed by atoms with Gasteiger partial charge in [0.1, 0.15) is 0 Å². The van der Waals surface area contributed by atoms with Crippen LogP contribution in [0, 0.1) is 0 Å². The van der Waals surface area contributed by atoms with Crippen molar-refractivity contribution >= 4 is 11.8 Å². The number of carbonyl (C=O) groups excluding carboxylic acids is 2. The van der Waals surface area contributed by atoms with Gasteiger partial charge in [0, 0.05) is 26.2 Å². The number of hydrogen-bond donors (Lipinski definition) is 2. The Bertz CT molecular complexity index is 615. The fourth-order valence-corrected chi connectivity index (χ4v) is 2.58. The lowest BCUT2D eigenvalue weighted by Gasteiger charge is -2.32. The minimum absolute atomic E-state index is 0.342. The maximum Gasteiger partial charge on any atom is 0.323 e. The summed E-state index contributed by atoms with van der Waals surface area (Å²) in [4.78, 5) is 26.4. The molecule has 0 saturated carbocycles. The van der Waals surface area contributed by atoms with Gasteiger partial charge in [-0.05, 0) is 31.7 Å². The highest BCUT2D eigenvalue weighted by Gasteiger charge is 2.22. The number of ether oxygens (including phenoxy) is 2. The van der Waals surface area contributed by atoms with E-state index in [9.17, 15) is 9.59 Å². The lowest BCUT2D eigenvalue weighted by atomic mass is 10.1. The first-order valence-corrected chi connectivity index (χ1v) is 8.21. The number of methoxy groups -OCH3 is 2. The molecule has 1 saturated heterocycles. The van der Waals surface area contributed by atoms with Gasteiger partial charge in [-0.15, -0.1) is 0 Å². The van der Waals surface area contributed by atoms with Crippen molar-refractivity contribution in [2.75, 3.05) is 47.4 Å². The van der Waals surface area contributed by atoms with E-state index in [1.54, 1.807) is 31.4 Å². The first kappa shape index (κ1) is 19.0. The zero-order valence-electron chi connectivity index (χ0n) is 15.2. The monoisotopic (exact) mass is 350 g/mol. The maximum absolute atomic E-state index is 12.1. The second kappa shape index (κ2) is 8.68. The largest absolute Gasteiger partial charge is 0.493 e. The first-order valence-electron chi connectivity index (χ1n) is 8.21. The minimum atomic E-state index is -0.666. The number of amides is 2. The number of rotatable bonds is 5. The van der Waals surface area contributed by atoms with E-state index in [0.717, 1.165) is 18.7 Å². The van der Waals surface area contributed by atoms with Crippen molar-refractivity contribution in [1.29, 1.82) is 0 Å². The topological polar surface area (TPSA) is 83.1 Å². The zero-order valence-corrected chi connectivity index (χ0v) is 15.2. The number of carbonyl (C=O) groups is 2. The van der Waals surface area contributed by atoms with Crippen LogP contribution in [0.2, 0.25) is 0 Å². The van der Waals surface area contributed by atoms with Crippen molar-refractivity contribution < 1.29 is 19.1 Å². The third kappa shape index (κ3) is 5.07. The van der Waals surface area contributed by atoms with Gasteiger partial charge in [0.25, 0.3) is 0 Å². The molecule has 8 nitrogen and oxygen atoms in total. The summed E-state index contributed by atoms with van der Waals surface area (Å²) in [6.45, 7) is 4.90. The summed E-state index contributed by atoms with van der Waals surface area (Å²) in [5.74, 6) is -0.140. The van der Waals surface area contributed by atoms with E-state index in [-0.39, 0.29) is 6.04 Å². The van der Waals surface area contributed by atoms with E-state index >= 15 is 0 Å². The minimum Gasteiger partial charge on any atom is -0.493 e. The molecule has 1 aliphatic heterocycles. The Morgan fingerprint density at radius 3 is 2.28 bits per heavy atom. The molecule has 8 heteroatoms. The molecule has 138 valence electrons. The molecule has 1 aromatic rings. The van der Waals surface area contributed by atoms with Crippen LogP contribution in [0.5, 0.6) is 11.5 Å². The fraction of sp³-hybridized carbons (Fsp3) is 0.529. The normalized spacial score (nSPS) is 16.8. The SMILES string of the molecule is COc1ccc(C(C)NC(=O)C(=O)NN2CCN(C)CC2)cc1OC. The smallest absolute Gasteiger partial charge is 0.323 e. The van der Waals surface area contributed by atoms with Crippen LogP contribution in [-0.4, -0.2) is 69.2 Å². The summed E-state index contributed by atoms with van der Waals surface area (Å²) in [6, 6.07) is 5.03. The van der Waals surface area contributed by atoms with E-state index < -0.39 is 11.8 Å². The second-order valence-electron chi connectivity index (χ2n) is 6.04. The Morgan fingerprint density at radius 2 is 1.68 bits per heavy atom. The van der Waals surface area contributed by atoms with E-state index in [1.807, 2.05) is 20.0 Å². The molecule has 2 N–H and O–H groups in total. The summed E-state index contributed by atoms with van der Waals surface area (Å²) in [5.41, 5.74) is 3.47. The molecule has 0 bridgehead atoms. The predicted octanol–water partition coefficient (Wildman–Crippen LogP) is 0.160. The van der Waals surface area contributed by atoms with Gasteiger partial charge < -0.3 is 19.7 Å². The Balaban J connectivity index is 1.91. The van der Waals surface area contributed by atoms with Crippen molar-refractivity contribution in [3.8, 4) is 11.5 Å². The van der Waals surface area contributed by atoms with Gasteiger partial charge in [0.05, 0.1) is 20.3 Å². The van der Waals surface area contributed by atoms with Crippen LogP contribution in [-0.2, 0) is 9.59 Å². The zero-order chi connectivity index (χ0) is 18.4. The van der Waals surface area contributed by atoms with Gasteiger partial charge in [-0.25, -0.2) is 5.01 Å². The van der Waals surface area contributed by atoms with Crippen molar-refractivity contribution in [3.05, 3.63) is 23.8 Å².